The van der Waals surface area contributed by atoms with Crippen LogP contribution in [0.1, 0.15) is 44.9 Å². The van der Waals surface area contributed by atoms with Gasteiger partial charge in [-0.15, -0.1) is 0 Å². The summed E-state index contributed by atoms with van der Waals surface area (Å²) in [5.74, 6) is -0.514. The number of esters is 2. The van der Waals surface area contributed by atoms with Crippen LogP contribution in [0.25, 0.3) is 0 Å². The highest BCUT2D eigenvalue weighted by atomic mass is 16.6. The Bertz CT molecular complexity index is 434. The van der Waals surface area contributed by atoms with Gasteiger partial charge >= 0.3 is 11.9 Å². The van der Waals surface area contributed by atoms with Crippen LogP contribution in [-0.4, -0.2) is 61.5 Å². The van der Waals surface area contributed by atoms with Gasteiger partial charge in [-0.25, -0.2) is 0 Å². The second-order valence-electron chi connectivity index (χ2n) is 6.37. The molecule has 24 heavy (non-hydrogen) atoms. The van der Waals surface area contributed by atoms with Gasteiger partial charge in [0.2, 0.25) is 12.0 Å². The Labute approximate surface area is 143 Å². The van der Waals surface area contributed by atoms with Crippen molar-refractivity contribution in [2.45, 2.75) is 56.9 Å². The molecule has 0 aromatic carbocycles. The fourth-order valence-electron chi connectivity index (χ4n) is 3.35. The van der Waals surface area contributed by atoms with Crippen LogP contribution < -0.4 is 16.8 Å². The lowest BCUT2D eigenvalue weighted by atomic mass is 9.98. The highest BCUT2D eigenvalue weighted by molar-refractivity contribution is 5.72. The van der Waals surface area contributed by atoms with E-state index in [-0.39, 0.29) is 11.9 Å². The first-order chi connectivity index (χ1) is 11.6. The van der Waals surface area contributed by atoms with Crippen molar-refractivity contribution >= 4 is 11.9 Å². The molecular weight excluding hydrogens is 312 g/mol. The summed E-state index contributed by atoms with van der Waals surface area (Å²) in [6.45, 7) is 3.07. The molecule has 2 aliphatic heterocycles. The number of nitrogens with one attached hydrogen (secondary N) is 1. The molecule has 5 N–H and O–H groups in total. The number of nitrogens with zero attached hydrogens (tertiary/aromatic N) is 1. The number of hydrogen-bond acceptors (Lipinski definition) is 8. The van der Waals surface area contributed by atoms with Crippen molar-refractivity contribution in [2.75, 3.05) is 32.7 Å². The maximum Gasteiger partial charge on any atom is 0.307 e. The molecule has 0 aromatic rings. The second-order valence-corrected chi connectivity index (χ2v) is 6.37. The molecule has 2 rings (SSSR count). The van der Waals surface area contributed by atoms with E-state index in [0.717, 1.165) is 6.42 Å². The smallest absolute Gasteiger partial charge is 0.307 e. The standard InChI is InChI=1S/C16H30N4O4/c17-8-3-7-16-15(19-10-12-20(16)11-4-9-18)23-13(21)5-1-2-6-14(22)24-16/h15,19H,1-12,17-18H2. The number of carbonyl (C=O) groups is 2. The molecule has 2 aliphatic rings. The molecule has 2 unspecified atom stereocenters. The molecule has 0 radical (unpaired) electrons. The summed E-state index contributed by atoms with van der Waals surface area (Å²) in [6, 6.07) is 0. The minimum atomic E-state index is -1.00. The Morgan fingerprint density at radius 3 is 2.54 bits per heavy atom. The summed E-state index contributed by atoms with van der Waals surface area (Å²) >= 11 is 0. The molecule has 0 saturated carbocycles. The normalized spacial score (nSPS) is 29.5. The Morgan fingerprint density at radius 1 is 1.12 bits per heavy atom. The Morgan fingerprint density at radius 2 is 1.83 bits per heavy atom. The molecule has 8 heteroatoms. The molecule has 0 aliphatic carbocycles. The van der Waals surface area contributed by atoms with E-state index in [1.807, 2.05) is 0 Å². The molecule has 2 fully saturated rings. The Kier molecular flexibility index (Phi) is 7.41. The fraction of sp³-hybridized carbons (Fsp3) is 0.875. The lowest BCUT2D eigenvalue weighted by molar-refractivity contribution is -0.245. The van der Waals surface area contributed by atoms with Crippen LogP contribution >= 0.6 is 0 Å². The maximum atomic E-state index is 12.4. The molecule has 138 valence electrons. The SMILES string of the molecule is NCCCN1CCNC2OC(=O)CCCCC(=O)OC21CCCN. The van der Waals surface area contributed by atoms with Crippen molar-refractivity contribution in [1.29, 1.82) is 0 Å². The van der Waals surface area contributed by atoms with Crippen molar-refractivity contribution in [2.24, 2.45) is 11.5 Å². The molecular formula is C16H30N4O4. The highest BCUT2D eigenvalue weighted by Gasteiger charge is 2.51. The molecule has 2 heterocycles. The topological polar surface area (TPSA) is 120 Å². The predicted octanol–water partition coefficient (Wildman–Crippen LogP) is -0.338. The van der Waals surface area contributed by atoms with Crippen molar-refractivity contribution in [3.05, 3.63) is 0 Å². The lowest BCUT2D eigenvalue weighted by Crippen LogP contribution is -2.70. The number of nitrogens with two attached hydrogens (primary N) is 2. The number of piperazine rings is 1. The number of rotatable bonds is 6. The van der Waals surface area contributed by atoms with Gasteiger partial charge in [0.15, 0.2) is 0 Å². The average Bonchev–Trinajstić information content (AvgIpc) is 2.57. The van der Waals surface area contributed by atoms with E-state index in [2.05, 4.69) is 10.2 Å². The van der Waals surface area contributed by atoms with Gasteiger partial charge in [-0.05, 0) is 38.8 Å². The molecule has 2 atom stereocenters. The van der Waals surface area contributed by atoms with Gasteiger partial charge in [-0.3, -0.25) is 19.8 Å². The molecule has 0 bridgehead atoms. The third kappa shape index (κ3) is 4.66. The van der Waals surface area contributed by atoms with E-state index in [9.17, 15) is 9.59 Å². The Balaban J connectivity index is 2.31. The fourth-order valence-corrected chi connectivity index (χ4v) is 3.35. The average molecular weight is 342 g/mol. The zero-order chi connectivity index (χ0) is 17.4. The highest BCUT2D eigenvalue weighted by Crippen LogP contribution is 2.32. The van der Waals surface area contributed by atoms with Gasteiger partial charge in [0.05, 0.1) is 0 Å². The minimum absolute atomic E-state index is 0.253. The van der Waals surface area contributed by atoms with E-state index in [1.165, 1.54) is 0 Å². The minimum Gasteiger partial charge on any atom is -0.441 e. The Hall–Kier alpha value is -1.22. The second kappa shape index (κ2) is 9.31. The van der Waals surface area contributed by atoms with Crippen LogP contribution in [0.4, 0.5) is 0 Å². The monoisotopic (exact) mass is 342 g/mol. The summed E-state index contributed by atoms with van der Waals surface area (Å²) in [4.78, 5) is 26.5. The summed E-state index contributed by atoms with van der Waals surface area (Å²) in [5.41, 5.74) is 10.3. The number of fused-ring (bicyclic) bond motifs is 1. The summed E-state index contributed by atoms with van der Waals surface area (Å²) in [6.07, 6.45) is 3.19. The molecule has 0 spiro atoms. The van der Waals surface area contributed by atoms with Crippen LogP contribution in [0.15, 0.2) is 0 Å². The van der Waals surface area contributed by atoms with E-state index in [4.69, 9.17) is 20.9 Å². The number of carbonyl (C=O) groups excluding carboxylic acids is 2. The van der Waals surface area contributed by atoms with Crippen molar-refractivity contribution < 1.29 is 19.1 Å². The van der Waals surface area contributed by atoms with E-state index >= 15 is 0 Å². The molecule has 0 aromatic heterocycles. The van der Waals surface area contributed by atoms with Crippen molar-refractivity contribution in [1.82, 2.24) is 10.2 Å². The summed E-state index contributed by atoms with van der Waals surface area (Å²) in [5, 5.41) is 3.21. The first kappa shape index (κ1) is 19.1. The van der Waals surface area contributed by atoms with E-state index in [0.29, 0.717) is 71.2 Å². The van der Waals surface area contributed by atoms with Crippen LogP contribution in [0.3, 0.4) is 0 Å². The van der Waals surface area contributed by atoms with Gasteiger partial charge in [0, 0.05) is 38.9 Å². The van der Waals surface area contributed by atoms with Gasteiger partial charge in [0.1, 0.15) is 0 Å². The number of hydrogen-bond donors (Lipinski definition) is 3. The maximum absolute atomic E-state index is 12.4. The van der Waals surface area contributed by atoms with Crippen LogP contribution in [-0.2, 0) is 19.1 Å². The number of ether oxygens (including phenoxy) is 2. The van der Waals surface area contributed by atoms with Gasteiger partial charge in [-0.2, -0.15) is 0 Å². The lowest BCUT2D eigenvalue weighted by Gasteiger charge is -2.50. The first-order valence-electron chi connectivity index (χ1n) is 8.92. The quantitative estimate of drug-likeness (QED) is 0.561. The van der Waals surface area contributed by atoms with Gasteiger partial charge < -0.3 is 20.9 Å². The zero-order valence-corrected chi connectivity index (χ0v) is 14.3. The summed E-state index contributed by atoms with van der Waals surface area (Å²) < 4.78 is 11.6. The van der Waals surface area contributed by atoms with Crippen LogP contribution in [0, 0.1) is 0 Å². The van der Waals surface area contributed by atoms with Crippen LogP contribution in [0.5, 0.6) is 0 Å². The molecule has 8 nitrogen and oxygen atoms in total. The molecule has 0 amide bonds. The largest absolute Gasteiger partial charge is 0.441 e. The van der Waals surface area contributed by atoms with Gasteiger partial charge in [-0.1, -0.05) is 0 Å². The first-order valence-corrected chi connectivity index (χ1v) is 8.92. The van der Waals surface area contributed by atoms with E-state index in [1.54, 1.807) is 0 Å². The zero-order valence-electron chi connectivity index (χ0n) is 14.3. The molecule has 2 saturated heterocycles. The third-order valence-electron chi connectivity index (χ3n) is 4.58. The predicted molar refractivity (Wildman–Crippen MR) is 88.7 cm³/mol. The third-order valence-corrected chi connectivity index (χ3v) is 4.58. The van der Waals surface area contributed by atoms with Crippen molar-refractivity contribution in [3.8, 4) is 0 Å². The summed E-state index contributed by atoms with van der Waals surface area (Å²) in [7, 11) is 0. The van der Waals surface area contributed by atoms with E-state index < -0.39 is 12.0 Å². The van der Waals surface area contributed by atoms with Gasteiger partial charge in [0.25, 0.3) is 0 Å². The van der Waals surface area contributed by atoms with Crippen LogP contribution in [0.2, 0.25) is 0 Å². The van der Waals surface area contributed by atoms with Crippen molar-refractivity contribution in [3.63, 3.8) is 0 Å².